The van der Waals surface area contributed by atoms with Gasteiger partial charge < -0.3 is 9.64 Å². The first-order valence-corrected chi connectivity index (χ1v) is 11.6. The number of aromatic amines is 1. The molecule has 0 aliphatic carbocycles. The van der Waals surface area contributed by atoms with Gasteiger partial charge in [0.25, 0.3) is 5.91 Å². The van der Waals surface area contributed by atoms with Crippen LogP contribution in [0.5, 0.6) is 5.75 Å². The predicted octanol–water partition coefficient (Wildman–Crippen LogP) is 4.72. The summed E-state index contributed by atoms with van der Waals surface area (Å²) in [6.45, 7) is 6.22. The van der Waals surface area contributed by atoms with Crippen LogP contribution in [0.1, 0.15) is 47.1 Å². The lowest BCUT2D eigenvalue weighted by atomic mass is 9.96. The second-order valence-electron chi connectivity index (χ2n) is 9.16. The van der Waals surface area contributed by atoms with E-state index < -0.39 is 17.7 Å². The van der Waals surface area contributed by atoms with Gasteiger partial charge in [-0.25, -0.2) is 4.98 Å². The molecule has 9 nitrogen and oxygen atoms in total. The van der Waals surface area contributed by atoms with E-state index in [2.05, 4.69) is 30.1 Å². The normalized spacial score (nSPS) is 17.8. The van der Waals surface area contributed by atoms with Gasteiger partial charge in [0.1, 0.15) is 5.75 Å². The molecule has 1 N–H and O–H groups in total. The second-order valence-corrected chi connectivity index (χ2v) is 9.16. The molecule has 5 rings (SSSR count). The lowest BCUT2D eigenvalue weighted by molar-refractivity contribution is -0.274. The number of H-pyrrole nitrogens is 1. The van der Waals surface area contributed by atoms with Gasteiger partial charge in [0.05, 0.1) is 34.7 Å². The number of para-hydroxylation sites is 1. The van der Waals surface area contributed by atoms with E-state index in [1.54, 1.807) is 23.4 Å². The summed E-state index contributed by atoms with van der Waals surface area (Å²) in [6, 6.07) is 9.37. The summed E-state index contributed by atoms with van der Waals surface area (Å²) in [5.41, 5.74) is 2.16. The van der Waals surface area contributed by atoms with E-state index in [9.17, 15) is 18.0 Å². The number of aryl methyl sites for hydroxylation is 2. The van der Waals surface area contributed by atoms with Crippen LogP contribution in [0, 0.1) is 13.8 Å². The minimum Gasteiger partial charge on any atom is -0.405 e. The molecule has 1 amide bonds. The molecule has 1 aliphatic heterocycles. The molecule has 1 unspecified atom stereocenters. The number of likely N-dealkylation sites (tertiary alicyclic amines) is 1. The summed E-state index contributed by atoms with van der Waals surface area (Å²) in [6.07, 6.45) is -0.469. The molecule has 1 fully saturated rings. The van der Waals surface area contributed by atoms with Crippen molar-refractivity contribution in [2.75, 3.05) is 6.54 Å². The van der Waals surface area contributed by atoms with Crippen LogP contribution in [0.4, 0.5) is 13.2 Å². The van der Waals surface area contributed by atoms with Gasteiger partial charge in [-0.2, -0.15) is 20.1 Å². The average Bonchev–Trinajstić information content (AvgIpc) is 3.61. The van der Waals surface area contributed by atoms with Crippen molar-refractivity contribution < 1.29 is 22.7 Å². The maximum absolute atomic E-state index is 14.0. The van der Waals surface area contributed by atoms with Crippen molar-refractivity contribution >= 4 is 5.91 Å². The molecular weight excluding hydrogens is 487 g/mol. The Bertz CT molecular complexity index is 1450. The van der Waals surface area contributed by atoms with Gasteiger partial charge in [-0.15, -0.1) is 13.2 Å². The highest BCUT2D eigenvalue weighted by Crippen LogP contribution is 2.40. The number of benzene rings is 2. The number of hydrogen-bond acceptors (Lipinski definition) is 6. The average molecular weight is 512 g/mol. The molecule has 0 bridgehead atoms. The number of amides is 1. The molecule has 0 radical (unpaired) electrons. The van der Waals surface area contributed by atoms with Gasteiger partial charge in [-0.05, 0) is 69.0 Å². The summed E-state index contributed by atoms with van der Waals surface area (Å²) in [7, 11) is 0. The summed E-state index contributed by atoms with van der Waals surface area (Å²) >= 11 is 0. The van der Waals surface area contributed by atoms with Gasteiger partial charge >= 0.3 is 6.36 Å². The quantitative estimate of drug-likeness (QED) is 0.416. The summed E-state index contributed by atoms with van der Waals surface area (Å²) in [5.74, 6) is -0.216. The van der Waals surface area contributed by atoms with E-state index >= 15 is 0 Å². The van der Waals surface area contributed by atoms with Crippen LogP contribution in [-0.4, -0.2) is 53.9 Å². The number of carbonyl (C=O) groups is 1. The van der Waals surface area contributed by atoms with E-state index in [1.807, 2.05) is 32.9 Å². The molecule has 192 valence electrons. The SMILES string of the molecule is Cc1cc(C(=O)N2CCCC2(C)c2nc(-c3ccccc3OC(F)(F)F)n[nH]2)c(-n2nccn2)cc1C. The molecule has 12 heteroatoms. The Morgan fingerprint density at radius 2 is 1.81 bits per heavy atom. The van der Waals surface area contributed by atoms with Crippen LogP contribution in [0.25, 0.3) is 17.1 Å². The van der Waals surface area contributed by atoms with Crippen LogP contribution in [-0.2, 0) is 5.54 Å². The third-order valence-electron chi connectivity index (χ3n) is 6.71. The third-order valence-corrected chi connectivity index (χ3v) is 6.71. The van der Waals surface area contributed by atoms with Crippen LogP contribution in [0.3, 0.4) is 0 Å². The third kappa shape index (κ3) is 4.54. The molecular formula is C25H24F3N7O2. The van der Waals surface area contributed by atoms with Crippen LogP contribution >= 0.6 is 0 Å². The molecule has 0 saturated carbocycles. The maximum Gasteiger partial charge on any atom is 0.573 e. The molecule has 2 aromatic carbocycles. The van der Waals surface area contributed by atoms with Crippen molar-refractivity contribution in [2.45, 2.75) is 45.5 Å². The number of aromatic nitrogens is 6. The van der Waals surface area contributed by atoms with Crippen molar-refractivity contribution in [2.24, 2.45) is 0 Å². The summed E-state index contributed by atoms with van der Waals surface area (Å²) < 4.78 is 42.9. The molecule has 1 aliphatic rings. The monoisotopic (exact) mass is 511 g/mol. The van der Waals surface area contributed by atoms with E-state index in [4.69, 9.17) is 0 Å². The van der Waals surface area contributed by atoms with Crippen molar-refractivity contribution in [3.05, 3.63) is 71.3 Å². The molecule has 4 aromatic rings. The first-order valence-electron chi connectivity index (χ1n) is 11.6. The van der Waals surface area contributed by atoms with Gasteiger partial charge in [-0.1, -0.05) is 12.1 Å². The number of rotatable bonds is 5. The Balaban J connectivity index is 1.51. The number of nitrogens with zero attached hydrogens (tertiary/aromatic N) is 6. The standard InChI is InChI=1S/C25H24F3N7O2/c1-15-13-18(19(14-16(15)2)35-29-10-11-30-35)22(36)34-12-6-9-24(34,3)23-31-21(32-33-23)17-7-4-5-8-20(17)37-25(26,27)28/h4-5,7-8,10-11,13-14H,6,9,12H2,1-3H3,(H,31,32,33). The highest BCUT2D eigenvalue weighted by atomic mass is 19.4. The van der Waals surface area contributed by atoms with Crippen LogP contribution < -0.4 is 4.74 Å². The molecule has 3 heterocycles. The molecule has 1 saturated heterocycles. The molecule has 0 spiro atoms. The number of alkyl halides is 3. The fourth-order valence-corrected chi connectivity index (χ4v) is 4.65. The highest BCUT2D eigenvalue weighted by Gasteiger charge is 2.45. The van der Waals surface area contributed by atoms with Crippen LogP contribution in [0.2, 0.25) is 0 Å². The Kier molecular flexibility index (Phi) is 5.97. The Morgan fingerprint density at radius 3 is 2.54 bits per heavy atom. The van der Waals surface area contributed by atoms with Crippen molar-refractivity contribution in [3.8, 4) is 22.8 Å². The highest BCUT2D eigenvalue weighted by molar-refractivity contribution is 5.98. The first kappa shape index (κ1) is 24.5. The number of nitrogens with one attached hydrogen (secondary N) is 1. The van der Waals surface area contributed by atoms with Gasteiger partial charge in [0, 0.05) is 6.54 Å². The number of halogens is 3. The number of carbonyl (C=O) groups excluding carboxylic acids is 1. The summed E-state index contributed by atoms with van der Waals surface area (Å²) in [4.78, 5) is 21.6. The van der Waals surface area contributed by atoms with E-state index in [0.717, 1.165) is 11.1 Å². The van der Waals surface area contributed by atoms with Crippen molar-refractivity contribution in [3.63, 3.8) is 0 Å². The minimum atomic E-state index is -4.86. The van der Waals surface area contributed by atoms with E-state index in [-0.39, 0.29) is 17.3 Å². The molecule has 1 atom stereocenters. The Morgan fingerprint density at radius 1 is 1.11 bits per heavy atom. The fraction of sp³-hybridized carbons (Fsp3) is 0.320. The minimum absolute atomic E-state index is 0.0444. The van der Waals surface area contributed by atoms with E-state index in [0.29, 0.717) is 36.5 Å². The molecule has 2 aromatic heterocycles. The number of ether oxygens (including phenoxy) is 1. The predicted molar refractivity (Wildman–Crippen MR) is 127 cm³/mol. The zero-order valence-electron chi connectivity index (χ0n) is 20.4. The first-order chi connectivity index (χ1) is 17.6. The van der Waals surface area contributed by atoms with Crippen molar-refractivity contribution in [1.29, 1.82) is 0 Å². The summed E-state index contributed by atoms with van der Waals surface area (Å²) in [5, 5.41) is 15.4. The lowest BCUT2D eigenvalue weighted by Gasteiger charge is -2.33. The number of hydrogen-bond donors (Lipinski definition) is 1. The zero-order valence-corrected chi connectivity index (χ0v) is 20.4. The molecule has 37 heavy (non-hydrogen) atoms. The van der Waals surface area contributed by atoms with Crippen LogP contribution in [0.15, 0.2) is 48.8 Å². The Labute approximate surface area is 210 Å². The topological polar surface area (TPSA) is 102 Å². The largest absolute Gasteiger partial charge is 0.573 e. The van der Waals surface area contributed by atoms with Gasteiger partial charge in [0.2, 0.25) is 0 Å². The lowest BCUT2D eigenvalue weighted by Crippen LogP contribution is -2.44. The van der Waals surface area contributed by atoms with Crippen molar-refractivity contribution in [1.82, 2.24) is 35.1 Å². The Hall–Kier alpha value is -4.22. The maximum atomic E-state index is 14.0. The smallest absolute Gasteiger partial charge is 0.405 e. The van der Waals surface area contributed by atoms with Gasteiger partial charge in [-0.3, -0.25) is 9.89 Å². The zero-order chi connectivity index (χ0) is 26.4. The fourth-order valence-electron chi connectivity index (χ4n) is 4.65. The van der Waals surface area contributed by atoms with Gasteiger partial charge in [0.15, 0.2) is 11.6 Å². The second kappa shape index (κ2) is 9.02. The van der Waals surface area contributed by atoms with E-state index in [1.165, 1.54) is 23.0 Å².